The predicted octanol–water partition coefficient (Wildman–Crippen LogP) is 3.61. The highest BCUT2D eigenvalue weighted by Crippen LogP contribution is 2.36. The Kier molecular flexibility index (Phi) is 4.20. The maximum absolute atomic E-state index is 13.5. The van der Waals surface area contributed by atoms with Crippen molar-refractivity contribution in [3.05, 3.63) is 34.5 Å². The molecule has 1 heterocycles. The molecule has 114 valence electrons. The molecule has 0 atom stereocenters. The Balaban J connectivity index is 2.54. The molecule has 0 spiro atoms. The van der Waals surface area contributed by atoms with Crippen LogP contribution in [0.15, 0.2) is 18.2 Å². The molecule has 2 rings (SSSR count). The van der Waals surface area contributed by atoms with Crippen molar-refractivity contribution in [2.24, 2.45) is 0 Å². The first-order valence-electron chi connectivity index (χ1n) is 5.95. The fourth-order valence-corrected chi connectivity index (χ4v) is 2.85. The number of nitrogen functional groups attached to an aromatic ring is 1. The summed E-state index contributed by atoms with van der Waals surface area (Å²) in [6.07, 6.45) is -4.61. The highest BCUT2D eigenvalue weighted by Gasteiger charge is 2.32. The molecule has 2 N–H and O–H groups in total. The summed E-state index contributed by atoms with van der Waals surface area (Å²) in [4.78, 5) is 6.56. The van der Waals surface area contributed by atoms with Gasteiger partial charge in [-0.3, -0.25) is 0 Å². The van der Waals surface area contributed by atoms with Crippen molar-refractivity contribution in [1.82, 2.24) is 9.88 Å². The summed E-state index contributed by atoms with van der Waals surface area (Å²) in [6, 6.07) is 2.38. The minimum Gasteiger partial charge on any atom is -0.375 e. The molecule has 1 aromatic carbocycles. The van der Waals surface area contributed by atoms with Crippen LogP contribution in [0.2, 0.25) is 0 Å². The topological polar surface area (TPSA) is 42.1 Å². The number of rotatable bonds is 3. The van der Waals surface area contributed by atoms with Gasteiger partial charge in [-0.1, -0.05) is 0 Å². The van der Waals surface area contributed by atoms with Crippen LogP contribution < -0.4 is 5.73 Å². The first kappa shape index (κ1) is 15.7. The lowest BCUT2D eigenvalue weighted by atomic mass is 10.1. The molecule has 0 saturated carbocycles. The Hall–Kier alpha value is -1.67. The van der Waals surface area contributed by atoms with Crippen molar-refractivity contribution >= 4 is 16.5 Å². The van der Waals surface area contributed by atoms with Crippen molar-refractivity contribution < 1.29 is 17.6 Å². The van der Waals surface area contributed by atoms with E-state index in [1.54, 1.807) is 0 Å². The van der Waals surface area contributed by atoms with Crippen LogP contribution in [-0.2, 0) is 12.7 Å². The highest BCUT2D eigenvalue weighted by molar-refractivity contribution is 7.15. The van der Waals surface area contributed by atoms with Crippen LogP contribution in [0.25, 0.3) is 11.3 Å². The van der Waals surface area contributed by atoms with Gasteiger partial charge >= 0.3 is 6.18 Å². The summed E-state index contributed by atoms with van der Waals surface area (Å²) in [5.41, 5.74) is 4.95. The summed E-state index contributed by atoms with van der Waals surface area (Å²) >= 11 is 1.18. The van der Waals surface area contributed by atoms with E-state index in [9.17, 15) is 17.6 Å². The molecule has 0 aliphatic rings. The lowest BCUT2D eigenvalue weighted by Gasteiger charge is -2.11. The number of hydrogen-bond acceptors (Lipinski definition) is 4. The summed E-state index contributed by atoms with van der Waals surface area (Å²) in [5.74, 6) is -0.956. The van der Waals surface area contributed by atoms with E-state index in [-0.39, 0.29) is 16.4 Å². The number of aromatic nitrogens is 1. The van der Waals surface area contributed by atoms with Gasteiger partial charge in [-0.2, -0.15) is 13.2 Å². The van der Waals surface area contributed by atoms with Crippen molar-refractivity contribution in [3.8, 4) is 11.3 Å². The number of alkyl halides is 3. The van der Waals surface area contributed by atoms with E-state index >= 15 is 0 Å². The predicted molar refractivity (Wildman–Crippen MR) is 74.3 cm³/mol. The lowest BCUT2D eigenvalue weighted by Crippen LogP contribution is -2.10. The second kappa shape index (κ2) is 5.61. The van der Waals surface area contributed by atoms with Crippen LogP contribution in [0.3, 0.4) is 0 Å². The molecular weight excluding hydrogens is 306 g/mol. The van der Waals surface area contributed by atoms with E-state index in [2.05, 4.69) is 4.98 Å². The van der Waals surface area contributed by atoms with Crippen LogP contribution >= 0.6 is 11.3 Å². The second-order valence-electron chi connectivity index (χ2n) is 4.79. The van der Waals surface area contributed by atoms with Gasteiger partial charge in [0.15, 0.2) is 5.13 Å². The Morgan fingerprint density at radius 1 is 1.24 bits per heavy atom. The number of hydrogen-bond donors (Lipinski definition) is 1. The van der Waals surface area contributed by atoms with Crippen molar-refractivity contribution in [1.29, 1.82) is 0 Å². The lowest BCUT2D eigenvalue weighted by molar-refractivity contribution is -0.137. The first-order chi connectivity index (χ1) is 9.66. The minimum atomic E-state index is -4.61. The molecule has 0 saturated heterocycles. The molecule has 0 fully saturated rings. The van der Waals surface area contributed by atoms with E-state index < -0.39 is 17.6 Å². The zero-order valence-corrected chi connectivity index (χ0v) is 12.1. The molecule has 0 aliphatic heterocycles. The minimum absolute atomic E-state index is 0.0760. The Morgan fingerprint density at radius 3 is 2.48 bits per heavy atom. The Bertz CT molecular complexity index is 649. The third-order valence-corrected chi connectivity index (χ3v) is 3.54. The van der Waals surface area contributed by atoms with Crippen LogP contribution in [0.4, 0.5) is 22.7 Å². The second-order valence-corrected chi connectivity index (χ2v) is 5.90. The van der Waals surface area contributed by atoms with Gasteiger partial charge in [0.05, 0.1) is 11.3 Å². The summed E-state index contributed by atoms with van der Waals surface area (Å²) < 4.78 is 51.8. The van der Waals surface area contributed by atoms with Gasteiger partial charge in [-0.25, -0.2) is 9.37 Å². The van der Waals surface area contributed by atoms with Gasteiger partial charge < -0.3 is 10.6 Å². The molecule has 0 amide bonds. The SMILES string of the molecule is CN(C)Cc1sc(N)nc1-c1cc(F)cc(C(F)(F)F)c1. The number of benzene rings is 1. The third-order valence-electron chi connectivity index (χ3n) is 2.67. The van der Waals surface area contributed by atoms with Gasteiger partial charge in [-0.15, -0.1) is 11.3 Å². The molecule has 0 aliphatic carbocycles. The average Bonchev–Trinajstić information content (AvgIpc) is 2.67. The quantitative estimate of drug-likeness (QED) is 0.879. The number of halogens is 4. The molecule has 1 aromatic heterocycles. The smallest absolute Gasteiger partial charge is 0.375 e. The van der Waals surface area contributed by atoms with E-state index in [1.807, 2.05) is 19.0 Å². The number of nitrogens with two attached hydrogens (primary N) is 1. The largest absolute Gasteiger partial charge is 0.416 e. The molecule has 0 unspecified atom stereocenters. The van der Waals surface area contributed by atoms with Gasteiger partial charge in [0.25, 0.3) is 0 Å². The molecular formula is C13H13F4N3S. The summed E-state index contributed by atoms with van der Waals surface area (Å²) in [5, 5.41) is 0.236. The van der Waals surface area contributed by atoms with E-state index in [4.69, 9.17) is 5.73 Å². The van der Waals surface area contributed by atoms with Crippen molar-refractivity contribution in [3.63, 3.8) is 0 Å². The zero-order valence-electron chi connectivity index (χ0n) is 11.3. The van der Waals surface area contributed by atoms with Crippen LogP contribution in [0.5, 0.6) is 0 Å². The normalized spacial score (nSPS) is 12.1. The molecule has 3 nitrogen and oxygen atoms in total. The van der Waals surface area contributed by atoms with Gasteiger partial charge in [0.2, 0.25) is 0 Å². The summed E-state index contributed by atoms with van der Waals surface area (Å²) in [6.45, 7) is 0.460. The van der Waals surface area contributed by atoms with E-state index in [0.29, 0.717) is 17.5 Å². The standard InChI is InChI=1S/C13H13F4N3S/c1-20(2)6-10-11(19-12(18)21-10)7-3-8(13(15,16)17)5-9(14)4-7/h3-5H,6H2,1-2H3,(H2,18,19). The number of anilines is 1. The maximum Gasteiger partial charge on any atom is 0.416 e. The molecule has 2 aromatic rings. The van der Waals surface area contributed by atoms with Gasteiger partial charge in [0.1, 0.15) is 5.82 Å². The maximum atomic E-state index is 13.5. The van der Waals surface area contributed by atoms with E-state index in [0.717, 1.165) is 12.1 Å². The number of thiazole rings is 1. The summed E-state index contributed by atoms with van der Waals surface area (Å²) in [7, 11) is 3.62. The number of nitrogens with zero attached hydrogens (tertiary/aromatic N) is 2. The van der Waals surface area contributed by atoms with E-state index in [1.165, 1.54) is 11.3 Å². The Morgan fingerprint density at radius 2 is 1.90 bits per heavy atom. The monoisotopic (exact) mass is 319 g/mol. The fraction of sp³-hybridized carbons (Fsp3) is 0.308. The fourth-order valence-electron chi connectivity index (χ4n) is 1.88. The van der Waals surface area contributed by atoms with Crippen molar-refractivity contribution in [2.45, 2.75) is 12.7 Å². The first-order valence-corrected chi connectivity index (χ1v) is 6.76. The van der Waals surface area contributed by atoms with Gasteiger partial charge in [0, 0.05) is 17.0 Å². The van der Waals surface area contributed by atoms with Crippen LogP contribution in [0, 0.1) is 5.82 Å². The Labute approximate surface area is 123 Å². The molecule has 21 heavy (non-hydrogen) atoms. The highest BCUT2D eigenvalue weighted by atomic mass is 32.1. The van der Waals surface area contributed by atoms with Crippen molar-refractivity contribution in [2.75, 3.05) is 19.8 Å². The zero-order chi connectivity index (χ0) is 15.8. The van der Waals surface area contributed by atoms with Crippen LogP contribution in [-0.4, -0.2) is 24.0 Å². The van der Waals surface area contributed by atoms with Gasteiger partial charge in [-0.05, 0) is 32.3 Å². The average molecular weight is 319 g/mol. The van der Waals surface area contributed by atoms with Crippen LogP contribution in [0.1, 0.15) is 10.4 Å². The molecule has 8 heteroatoms. The molecule has 0 bridgehead atoms. The third kappa shape index (κ3) is 3.70. The molecule has 0 radical (unpaired) electrons.